The first-order valence-corrected chi connectivity index (χ1v) is 3.88. The van der Waals surface area contributed by atoms with E-state index in [9.17, 15) is 0 Å². The van der Waals surface area contributed by atoms with Crippen molar-refractivity contribution in [2.24, 2.45) is 0 Å². The van der Waals surface area contributed by atoms with Crippen molar-refractivity contribution in [2.45, 2.75) is 6.92 Å². The SMILES string of the molecule is C=CCN(CCNC)C(=C)C. The minimum Gasteiger partial charge on any atom is -0.371 e. The van der Waals surface area contributed by atoms with E-state index in [1.54, 1.807) is 0 Å². The molecule has 0 bridgehead atoms. The third-order valence-electron chi connectivity index (χ3n) is 1.52. The van der Waals surface area contributed by atoms with E-state index in [0.717, 1.165) is 25.3 Å². The van der Waals surface area contributed by atoms with Gasteiger partial charge in [0, 0.05) is 25.3 Å². The van der Waals surface area contributed by atoms with Crippen molar-refractivity contribution in [1.29, 1.82) is 0 Å². The fourth-order valence-corrected chi connectivity index (χ4v) is 0.841. The van der Waals surface area contributed by atoms with E-state index in [0.29, 0.717) is 0 Å². The van der Waals surface area contributed by atoms with E-state index in [1.807, 2.05) is 20.0 Å². The maximum Gasteiger partial charge on any atom is 0.0354 e. The minimum atomic E-state index is 0.886. The van der Waals surface area contributed by atoms with Crippen LogP contribution >= 0.6 is 0 Å². The number of likely N-dealkylation sites (N-methyl/N-ethyl adjacent to an activating group) is 1. The van der Waals surface area contributed by atoms with Crippen molar-refractivity contribution in [3.8, 4) is 0 Å². The summed E-state index contributed by atoms with van der Waals surface area (Å²) in [5.41, 5.74) is 1.10. The number of allylic oxidation sites excluding steroid dienone is 1. The third kappa shape index (κ3) is 4.62. The van der Waals surface area contributed by atoms with E-state index in [2.05, 4.69) is 23.4 Å². The van der Waals surface area contributed by atoms with Crippen LogP contribution in [0.2, 0.25) is 0 Å². The fourth-order valence-electron chi connectivity index (χ4n) is 0.841. The van der Waals surface area contributed by atoms with Crippen LogP contribution in [0.15, 0.2) is 24.9 Å². The molecule has 0 aliphatic rings. The summed E-state index contributed by atoms with van der Waals surface area (Å²) < 4.78 is 0. The van der Waals surface area contributed by atoms with Gasteiger partial charge in [-0.3, -0.25) is 0 Å². The molecule has 0 radical (unpaired) electrons. The fraction of sp³-hybridized carbons (Fsp3) is 0.556. The molecule has 0 spiro atoms. The average Bonchev–Trinajstić information content (AvgIpc) is 1.97. The monoisotopic (exact) mass is 154 g/mol. The lowest BCUT2D eigenvalue weighted by molar-refractivity contribution is 0.382. The predicted octanol–water partition coefficient (Wildman–Crippen LogP) is 1.23. The van der Waals surface area contributed by atoms with Gasteiger partial charge in [0.25, 0.3) is 0 Å². The molecule has 0 aromatic rings. The van der Waals surface area contributed by atoms with Gasteiger partial charge in [0.2, 0.25) is 0 Å². The lowest BCUT2D eigenvalue weighted by atomic mass is 10.4. The molecule has 0 aliphatic carbocycles. The highest BCUT2D eigenvalue weighted by molar-refractivity contribution is 4.92. The van der Waals surface area contributed by atoms with E-state index in [4.69, 9.17) is 0 Å². The van der Waals surface area contributed by atoms with Crippen LogP contribution in [0.1, 0.15) is 6.92 Å². The number of nitrogens with one attached hydrogen (secondary N) is 1. The van der Waals surface area contributed by atoms with Crippen LogP contribution in [0.3, 0.4) is 0 Å². The molecule has 0 saturated carbocycles. The molecule has 0 heterocycles. The Morgan fingerprint density at radius 2 is 2.27 bits per heavy atom. The Morgan fingerprint density at radius 1 is 1.64 bits per heavy atom. The molecule has 0 saturated heterocycles. The van der Waals surface area contributed by atoms with Crippen molar-refractivity contribution in [1.82, 2.24) is 10.2 Å². The van der Waals surface area contributed by atoms with Crippen molar-refractivity contribution in [3.05, 3.63) is 24.9 Å². The van der Waals surface area contributed by atoms with Gasteiger partial charge < -0.3 is 10.2 Å². The van der Waals surface area contributed by atoms with Crippen LogP contribution in [-0.4, -0.2) is 31.6 Å². The zero-order valence-electron chi connectivity index (χ0n) is 7.56. The summed E-state index contributed by atoms with van der Waals surface area (Å²) in [5.74, 6) is 0. The van der Waals surface area contributed by atoms with Gasteiger partial charge in [0.05, 0.1) is 0 Å². The van der Waals surface area contributed by atoms with Gasteiger partial charge in [-0.25, -0.2) is 0 Å². The topological polar surface area (TPSA) is 15.3 Å². The number of hydrogen-bond acceptors (Lipinski definition) is 2. The second kappa shape index (κ2) is 5.98. The first kappa shape index (κ1) is 10.2. The van der Waals surface area contributed by atoms with Gasteiger partial charge in [-0.15, -0.1) is 6.58 Å². The average molecular weight is 154 g/mol. The Morgan fingerprint density at radius 3 is 2.64 bits per heavy atom. The molecule has 1 N–H and O–H groups in total. The van der Waals surface area contributed by atoms with E-state index in [1.165, 1.54) is 0 Å². The van der Waals surface area contributed by atoms with Crippen LogP contribution in [0.5, 0.6) is 0 Å². The van der Waals surface area contributed by atoms with Gasteiger partial charge >= 0.3 is 0 Å². The summed E-state index contributed by atoms with van der Waals surface area (Å²) in [6.45, 7) is 12.4. The van der Waals surface area contributed by atoms with Crippen LogP contribution in [0.4, 0.5) is 0 Å². The van der Waals surface area contributed by atoms with Crippen molar-refractivity contribution < 1.29 is 0 Å². The van der Waals surface area contributed by atoms with Gasteiger partial charge in [0.15, 0.2) is 0 Å². The summed E-state index contributed by atoms with van der Waals surface area (Å²) in [6, 6.07) is 0. The molecule has 0 amide bonds. The predicted molar refractivity (Wildman–Crippen MR) is 50.5 cm³/mol. The normalized spacial score (nSPS) is 9.27. The minimum absolute atomic E-state index is 0.886. The number of hydrogen-bond donors (Lipinski definition) is 1. The van der Waals surface area contributed by atoms with E-state index >= 15 is 0 Å². The van der Waals surface area contributed by atoms with Crippen molar-refractivity contribution in [3.63, 3.8) is 0 Å². The quantitative estimate of drug-likeness (QED) is 0.579. The first-order chi connectivity index (χ1) is 5.22. The lowest BCUT2D eigenvalue weighted by Crippen LogP contribution is -2.29. The molecule has 2 nitrogen and oxygen atoms in total. The lowest BCUT2D eigenvalue weighted by Gasteiger charge is -2.22. The summed E-state index contributed by atoms with van der Waals surface area (Å²) in [6.07, 6.45) is 1.89. The third-order valence-corrected chi connectivity index (χ3v) is 1.52. The standard InChI is InChI=1S/C9H18N2/c1-5-7-11(9(2)3)8-6-10-4/h5,10H,1-2,6-8H2,3-4H3. The Hall–Kier alpha value is -0.760. The highest BCUT2D eigenvalue weighted by Crippen LogP contribution is 1.98. The second-order valence-electron chi connectivity index (χ2n) is 2.57. The summed E-state index contributed by atoms with van der Waals surface area (Å²) in [4.78, 5) is 2.18. The molecule has 0 unspecified atom stereocenters. The molecule has 64 valence electrons. The van der Waals surface area contributed by atoms with E-state index < -0.39 is 0 Å². The second-order valence-corrected chi connectivity index (χ2v) is 2.57. The Balaban J connectivity index is 3.69. The molecular formula is C9H18N2. The van der Waals surface area contributed by atoms with Crippen LogP contribution < -0.4 is 5.32 Å². The smallest absolute Gasteiger partial charge is 0.0354 e. The summed E-state index contributed by atoms with van der Waals surface area (Å²) >= 11 is 0. The highest BCUT2D eigenvalue weighted by atomic mass is 15.1. The van der Waals surface area contributed by atoms with Crippen LogP contribution in [0, 0.1) is 0 Å². The molecule has 2 heteroatoms. The summed E-state index contributed by atoms with van der Waals surface area (Å²) in [5, 5.41) is 3.09. The molecular weight excluding hydrogens is 136 g/mol. The Bertz CT molecular complexity index is 130. The molecule has 0 rings (SSSR count). The zero-order valence-corrected chi connectivity index (χ0v) is 7.56. The molecule has 0 fully saturated rings. The van der Waals surface area contributed by atoms with Crippen LogP contribution in [-0.2, 0) is 0 Å². The van der Waals surface area contributed by atoms with Gasteiger partial charge in [-0.05, 0) is 14.0 Å². The largest absolute Gasteiger partial charge is 0.371 e. The Kier molecular flexibility index (Phi) is 5.57. The maximum absolute atomic E-state index is 3.88. The van der Waals surface area contributed by atoms with Gasteiger partial charge in [0.1, 0.15) is 0 Å². The van der Waals surface area contributed by atoms with Crippen molar-refractivity contribution in [2.75, 3.05) is 26.7 Å². The van der Waals surface area contributed by atoms with Gasteiger partial charge in [-0.1, -0.05) is 12.7 Å². The molecule has 0 atom stereocenters. The number of nitrogens with zero attached hydrogens (tertiary/aromatic N) is 1. The number of rotatable bonds is 6. The van der Waals surface area contributed by atoms with Crippen LogP contribution in [0.25, 0.3) is 0 Å². The Labute approximate surface area is 69.6 Å². The van der Waals surface area contributed by atoms with E-state index in [-0.39, 0.29) is 0 Å². The molecule has 11 heavy (non-hydrogen) atoms. The molecule has 0 aliphatic heterocycles. The molecule has 0 aromatic carbocycles. The maximum atomic E-state index is 3.88. The molecule has 0 aromatic heterocycles. The van der Waals surface area contributed by atoms with Gasteiger partial charge in [-0.2, -0.15) is 0 Å². The first-order valence-electron chi connectivity index (χ1n) is 3.88. The highest BCUT2D eigenvalue weighted by Gasteiger charge is 1.98. The zero-order chi connectivity index (χ0) is 8.69. The van der Waals surface area contributed by atoms with Crippen molar-refractivity contribution >= 4 is 0 Å². The summed E-state index contributed by atoms with van der Waals surface area (Å²) in [7, 11) is 1.95.